The van der Waals surface area contributed by atoms with Gasteiger partial charge in [0, 0.05) is 16.8 Å². The van der Waals surface area contributed by atoms with Gasteiger partial charge >= 0.3 is 0 Å². The summed E-state index contributed by atoms with van der Waals surface area (Å²) in [5, 5.41) is 7.03. The van der Waals surface area contributed by atoms with Gasteiger partial charge in [-0.15, -0.1) is 23.1 Å². The number of piperidine rings is 1. The Balaban J connectivity index is 1.43. The van der Waals surface area contributed by atoms with Crippen molar-refractivity contribution >= 4 is 34.1 Å². The Morgan fingerprint density at radius 3 is 2.83 bits per heavy atom. The smallest absolute Gasteiger partial charge is 0.236 e. The topological polar surface area (TPSA) is 54.0 Å². The highest BCUT2D eigenvalue weighted by Gasteiger charge is 2.18. The summed E-state index contributed by atoms with van der Waals surface area (Å²) in [4.78, 5) is 17.7. The van der Waals surface area contributed by atoms with Gasteiger partial charge < -0.3 is 10.6 Å². The minimum Gasteiger partial charge on any atom is -0.317 e. The van der Waals surface area contributed by atoms with Crippen LogP contribution in [0, 0.1) is 6.92 Å². The van der Waals surface area contributed by atoms with Gasteiger partial charge in [-0.1, -0.05) is 29.8 Å². The summed E-state index contributed by atoms with van der Waals surface area (Å²) < 4.78 is 0. The second-order valence-corrected chi connectivity index (χ2v) is 8.17. The molecule has 1 aliphatic heterocycles. The number of thiazole rings is 1. The molecule has 0 saturated carbocycles. The van der Waals surface area contributed by atoms with Crippen molar-refractivity contribution in [2.45, 2.75) is 31.4 Å². The number of aromatic nitrogens is 1. The van der Waals surface area contributed by atoms with Crippen molar-refractivity contribution in [2.24, 2.45) is 0 Å². The van der Waals surface area contributed by atoms with E-state index >= 15 is 0 Å². The molecule has 0 bridgehead atoms. The van der Waals surface area contributed by atoms with Crippen LogP contribution in [0.5, 0.6) is 0 Å². The molecule has 2 aromatic rings. The van der Waals surface area contributed by atoms with Gasteiger partial charge in [0.2, 0.25) is 5.91 Å². The number of nitrogens with zero attached hydrogens (tertiary/aromatic N) is 1. The number of thioether (sulfide) groups is 1. The first-order valence-corrected chi connectivity index (χ1v) is 10.3. The van der Waals surface area contributed by atoms with E-state index in [2.05, 4.69) is 46.8 Å². The summed E-state index contributed by atoms with van der Waals surface area (Å²) in [5.41, 5.74) is 2.51. The first-order valence-electron chi connectivity index (χ1n) is 8.30. The summed E-state index contributed by atoms with van der Waals surface area (Å²) in [5.74, 6) is 1.92. The third-order valence-corrected chi connectivity index (χ3v) is 6.21. The highest BCUT2D eigenvalue weighted by molar-refractivity contribution is 7.99. The normalized spacial score (nSPS) is 15.4. The van der Waals surface area contributed by atoms with E-state index in [9.17, 15) is 4.79 Å². The Morgan fingerprint density at radius 2 is 2.08 bits per heavy atom. The Labute approximate surface area is 151 Å². The lowest BCUT2D eigenvalue weighted by molar-refractivity contribution is -0.113. The average Bonchev–Trinajstić information content (AvgIpc) is 3.06. The zero-order chi connectivity index (χ0) is 16.8. The van der Waals surface area contributed by atoms with Crippen molar-refractivity contribution < 1.29 is 4.79 Å². The van der Waals surface area contributed by atoms with E-state index in [0.717, 1.165) is 36.8 Å². The molecule has 1 aromatic carbocycles. The molecule has 2 heterocycles. The van der Waals surface area contributed by atoms with Crippen molar-refractivity contribution in [3.05, 3.63) is 46.5 Å². The monoisotopic (exact) mass is 361 g/mol. The summed E-state index contributed by atoms with van der Waals surface area (Å²) in [6, 6.07) is 8.44. The fourth-order valence-electron chi connectivity index (χ4n) is 2.74. The maximum Gasteiger partial charge on any atom is 0.236 e. The Hall–Kier alpha value is -1.37. The van der Waals surface area contributed by atoms with Crippen molar-refractivity contribution in [1.82, 2.24) is 10.3 Å². The van der Waals surface area contributed by atoms with E-state index in [1.807, 2.05) is 6.20 Å². The zero-order valence-corrected chi connectivity index (χ0v) is 15.5. The number of carbonyl (C=O) groups excluding carboxylic acids is 1. The van der Waals surface area contributed by atoms with Gasteiger partial charge in [-0.2, -0.15) is 0 Å². The largest absolute Gasteiger partial charge is 0.317 e. The third-order valence-electron chi connectivity index (χ3n) is 4.13. The molecule has 1 aliphatic rings. The maximum atomic E-state index is 12.1. The van der Waals surface area contributed by atoms with Crippen LogP contribution in [0.2, 0.25) is 0 Å². The lowest BCUT2D eigenvalue weighted by Gasteiger charge is -2.20. The summed E-state index contributed by atoms with van der Waals surface area (Å²) in [7, 11) is 0. The molecule has 4 nitrogen and oxygen atoms in total. The van der Waals surface area contributed by atoms with Gasteiger partial charge in [-0.25, -0.2) is 4.98 Å². The number of rotatable bonds is 6. The molecule has 0 spiro atoms. The highest BCUT2D eigenvalue weighted by Crippen LogP contribution is 2.31. The number of nitrogens with one attached hydrogen (secondary N) is 2. The molecule has 24 heavy (non-hydrogen) atoms. The summed E-state index contributed by atoms with van der Waals surface area (Å²) >= 11 is 3.25. The number of anilines is 1. The SMILES string of the molecule is Cc1ccc(CSCC(=O)Nc2ncc(C3CCNCC3)s2)cc1. The number of hydrogen-bond acceptors (Lipinski definition) is 5. The van der Waals surface area contributed by atoms with Gasteiger partial charge in [0.15, 0.2) is 5.13 Å². The Bertz CT molecular complexity index is 663. The van der Waals surface area contributed by atoms with Crippen molar-refractivity contribution in [1.29, 1.82) is 0 Å². The predicted octanol–water partition coefficient (Wildman–Crippen LogP) is 3.79. The van der Waals surface area contributed by atoms with E-state index in [1.165, 1.54) is 16.0 Å². The van der Waals surface area contributed by atoms with Crippen LogP contribution in [-0.4, -0.2) is 29.7 Å². The van der Waals surface area contributed by atoms with E-state index in [4.69, 9.17) is 0 Å². The van der Waals surface area contributed by atoms with Crippen LogP contribution in [0.3, 0.4) is 0 Å². The van der Waals surface area contributed by atoms with Crippen molar-refractivity contribution in [2.75, 3.05) is 24.2 Å². The van der Waals surface area contributed by atoms with Gasteiger partial charge in [0.05, 0.1) is 5.75 Å². The van der Waals surface area contributed by atoms with Crippen LogP contribution in [0.15, 0.2) is 30.5 Å². The minimum absolute atomic E-state index is 0.0262. The van der Waals surface area contributed by atoms with Gasteiger partial charge in [-0.05, 0) is 44.3 Å². The van der Waals surface area contributed by atoms with Crippen molar-refractivity contribution in [3.63, 3.8) is 0 Å². The Morgan fingerprint density at radius 1 is 1.33 bits per heavy atom. The Kier molecular flexibility index (Phi) is 6.29. The van der Waals surface area contributed by atoms with Crippen LogP contribution >= 0.6 is 23.1 Å². The van der Waals surface area contributed by atoms with E-state index in [0.29, 0.717) is 11.7 Å². The van der Waals surface area contributed by atoms with Gasteiger partial charge in [0.25, 0.3) is 0 Å². The first kappa shape index (κ1) is 17.5. The molecule has 1 saturated heterocycles. The second kappa shape index (κ2) is 8.65. The molecule has 128 valence electrons. The van der Waals surface area contributed by atoms with Gasteiger partial charge in [-0.3, -0.25) is 4.79 Å². The fourth-order valence-corrected chi connectivity index (χ4v) is 4.53. The molecule has 0 unspecified atom stereocenters. The quantitative estimate of drug-likeness (QED) is 0.822. The van der Waals surface area contributed by atoms with Crippen LogP contribution < -0.4 is 10.6 Å². The zero-order valence-electron chi connectivity index (χ0n) is 13.9. The molecule has 3 rings (SSSR count). The number of hydrogen-bond donors (Lipinski definition) is 2. The number of benzene rings is 1. The van der Waals surface area contributed by atoms with E-state index in [1.54, 1.807) is 23.1 Å². The van der Waals surface area contributed by atoms with Crippen LogP contribution in [0.25, 0.3) is 0 Å². The molecular formula is C18H23N3OS2. The van der Waals surface area contributed by atoms with Crippen LogP contribution in [0.1, 0.15) is 34.8 Å². The van der Waals surface area contributed by atoms with E-state index < -0.39 is 0 Å². The molecule has 6 heteroatoms. The van der Waals surface area contributed by atoms with Crippen LogP contribution in [0.4, 0.5) is 5.13 Å². The molecule has 1 aromatic heterocycles. The fraction of sp³-hybridized carbons (Fsp3) is 0.444. The van der Waals surface area contributed by atoms with Crippen molar-refractivity contribution in [3.8, 4) is 0 Å². The number of amides is 1. The third kappa shape index (κ3) is 5.06. The van der Waals surface area contributed by atoms with Gasteiger partial charge in [0.1, 0.15) is 0 Å². The molecule has 0 atom stereocenters. The lowest BCUT2D eigenvalue weighted by atomic mass is 9.97. The number of aryl methyl sites for hydroxylation is 1. The molecular weight excluding hydrogens is 338 g/mol. The standard InChI is InChI=1S/C18H23N3OS2/c1-13-2-4-14(5-3-13)11-23-12-17(22)21-18-20-10-16(24-18)15-6-8-19-9-7-15/h2-5,10,15,19H,6-9,11-12H2,1H3,(H,20,21,22). The summed E-state index contributed by atoms with van der Waals surface area (Å²) in [6.45, 7) is 4.22. The molecule has 1 fully saturated rings. The molecule has 0 aliphatic carbocycles. The first-order chi connectivity index (χ1) is 11.7. The molecule has 1 amide bonds. The average molecular weight is 362 g/mol. The minimum atomic E-state index is 0.0262. The highest BCUT2D eigenvalue weighted by atomic mass is 32.2. The predicted molar refractivity (Wildman–Crippen MR) is 103 cm³/mol. The molecule has 2 N–H and O–H groups in total. The lowest BCUT2D eigenvalue weighted by Crippen LogP contribution is -2.26. The molecule has 0 radical (unpaired) electrons. The number of carbonyl (C=O) groups is 1. The van der Waals surface area contributed by atoms with E-state index in [-0.39, 0.29) is 5.91 Å². The second-order valence-electron chi connectivity index (χ2n) is 6.12. The summed E-state index contributed by atoms with van der Waals surface area (Å²) in [6.07, 6.45) is 4.24. The van der Waals surface area contributed by atoms with Crippen LogP contribution in [-0.2, 0) is 10.5 Å². The maximum absolute atomic E-state index is 12.1.